The van der Waals surface area contributed by atoms with Crippen molar-refractivity contribution >= 4 is 16.6 Å². The zero-order valence-electron chi connectivity index (χ0n) is 30.1. The van der Waals surface area contributed by atoms with Crippen molar-refractivity contribution in [3.63, 3.8) is 0 Å². The fourth-order valence-corrected chi connectivity index (χ4v) is 16.9. The third kappa shape index (κ3) is 10.9. The normalized spacial score (nSPS) is 17.6. The topological polar surface area (TPSA) is 18.5 Å². The van der Waals surface area contributed by atoms with E-state index in [0.29, 0.717) is 5.92 Å². The Kier molecular flexibility index (Phi) is 17.0. The molecule has 0 fully saturated rings. The average Bonchev–Trinajstić information content (AvgIpc) is 2.94. The van der Waals surface area contributed by atoms with E-state index in [2.05, 4.69) is 87.1 Å². The second kappa shape index (κ2) is 19.3. The Bertz CT molecular complexity index is 914. The minimum Gasteiger partial charge on any atom is -0.543 e. The van der Waals surface area contributed by atoms with Gasteiger partial charge in [0.25, 0.3) is 16.6 Å². The van der Waals surface area contributed by atoms with E-state index in [1.165, 1.54) is 134 Å². The SMILES string of the molecule is C=C(C)[C@@H]1CCC(C)=C[C@H]1c1c(O[Si](CCC)(CCC)CCC)cc(CCCCC)cc1O[Si](CCC)(CCC)CCC. The van der Waals surface area contributed by atoms with Crippen LogP contribution in [-0.4, -0.2) is 16.6 Å². The van der Waals surface area contributed by atoms with Crippen LogP contribution in [0.2, 0.25) is 36.3 Å². The Hall–Kier alpha value is -1.27. The van der Waals surface area contributed by atoms with Crippen molar-refractivity contribution in [2.45, 2.75) is 182 Å². The van der Waals surface area contributed by atoms with E-state index >= 15 is 0 Å². The first kappa shape index (κ1) is 37.9. The molecule has 1 aromatic rings. The van der Waals surface area contributed by atoms with Gasteiger partial charge in [-0.15, -0.1) is 0 Å². The van der Waals surface area contributed by atoms with E-state index < -0.39 is 16.6 Å². The maximum Gasteiger partial charge on any atom is 0.251 e. The van der Waals surface area contributed by atoms with E-state index in [4.69, 9.17) is 8.85 Å². The summed E-state index contributed by atoms with van der Waals surface area (Å²) in [6.45, 7) is 25.6. The zero-order chi connectivity index (χ0) is 31.9. The number of allylic oxidation sites excluding steroid dienone is 3. The van der Waals surface area contributed by atoms with Crippen LogP contribution in [0.15, 0.2) is 35.9 Å². The summed E-state index contributed by atoms with van der Waals surface area (Å²) >= 11 is 0. The van der Waals surface area contributed by atoms with Crippen LogP contribution in [-0.2, 0) is 6.42 Å². The zero-order valence-corrected chi connectivity index (χ0v) is 32.1. The van der Waals surface area contributed by atoms with Gasteiger partial charge in [-0.2, -0.15) is 0 Å². The number of hydrogen-bond acceptors (Lipinski definition) is 2. The smallest absolute Gasteiger partial charge is 0.251 e. The summed E-state index contributed by atoms with van der Waals surface area (Å²) in [5.74, 6) is 3.06. The van der Waals surface area contributed by atoms with Crippen LogP contribution in [0.25, 0.3) is 0 Å². The molecule has 0 N–H and O–H groups in total. The van der Waals surface area contributed by atoms with Gasteiger partial charge < -0.3 is 8.85 Å². The molecular weight excluding hydrogens is 557 g/mol. The van der Waals surface area contributed by atoms with Crippen molar-refractivity contribution in [3.05, 3.63) is 47.1 Å². The third-order valence-corrected chi connectivity index (χ3v) is 19.6. The predicted molar refractivity (Wildman–Crippen MR) is 197 cm³/mol. The van der Waals surface area contributed by atoms with Gasteiger partial charge in [-0.3, -0.25) is 0 Å². The molecule has 4 heteroatoms. The summed E-state index contributed by atoms with van der Waals surface area (Å²) in [6, 6.07) is 12.4. The molecule has 0 bridgehead atoms. The number of benzene rings is 1. The van der Waals surface area contributed by atoms with E-state index in [1.807, 2.05) is 0 Å². The second-order valence-electron chi connectivity index (χ2n) is 14.1. The Labute approximate surface area is 270 Å². The van der Waals surface area contributed by atoms with Gasteiger partial charge in [0.05, 0.1) is 0 Å². The molecule has 0 amide bonds. The fraction of sp³-hybridized carbons (Fsp3) is 0.744. The van der Waals surface area contributed by atoms with E-state index in [1.54, 1.807) is 0 Å². The first-order valence-electron chi connectivity index (χ1n) is 18.5. The minimum atomic E-state index is -1.97. The summed E-state index contributed by atoms with van der Waals surface area (Å²) in [7, 11) is -3.95. The molecule has 0 aliphatic heterocycles. The molecule has 2 rings (SSSR count). The standard InChI is InChI=1S/C39H70O2Si2/c1-11-18-19-20-34-30-37(40-42(23-12-2,24-13-3)25-14-4)39(36-29-33(10)21-22-35(36)32(8)9)38(31-34)41-43(26-15-5,27-16-6)28-17-7/h29-31,35-36H,8,11-28H2,1-7,9-10H3/t35-,36+/m0/s1. The molecule has 2 atom stereocenters. The lowest BCUT2D eigenvalue weighted by Gasteiger charge is -2.39. The summed E-state index contributed by atoms with van der Waals surface area (Å²) in [5, 5.41) is 0. The van der Waals surface area contributed by atoms with Crippen LogP contribution in [0.1, 0.15) is 150 Å². The number of rotatable bonds is 22. The highest BCUT2D eigenvalue weighted by atomic mass is 28.4. The Morgan fingerprint density at radius 3 is 1.53 bits per heavy atom. The van der Waals surface area contributed by atoms with Gasteiger partial charge in [0, 0.05) is 11.5 Å². The van der Waals surface area contributed by atoms with Crippen molar-refractivity contribution in [1.82, 2.24) is 0 Å². The van der Waals surface area contributed by atoms with Crippen LogP contribution >= 0.6 is 0 Å². The highest BCUT2D eigenvalue weighted by molar-refractivity contribution is 6.75. The van der Waals surface area contributed by atoms with Crippen molar-refractivity contribution in [2.75, 3.05) is 0 Å². The fourth-order valence-electron chi connectivity index (χ4n) is 8.04. The van der Waals surface area contributed by atoms with Gasteiger partial charge in [0.2, 0.25) is 0 Å². The molecular formula is C39H70O2Si2. The molecule has 0 saturated carbocycles. The van der Waals surface area contributed by atoms with Crippen LogP contribution in [0.3, 0.4) is 0 Å². The Morgan fingerprint density at radius 2 is 1.16 bits per heavy atom. The Morgan fingerprint density at radius 1 is 0.721 bits per heavy atom. The number of unbranched alkanes of at least 4 members (excludes halogenated alkanes) is 2. The quantitative estimate of drug-likeness (QED) is 0.0724. The molecule has 0 spiro atoms. The van der Waals surface area contributed by atoms with Gasteiger partial charge in [0.15, 0.2) is 0 Å². The van der Waals surface area contributed by atoms with Crippen molar-refractivity contribution in [2.24, 2.45) is 5.92 Å². The first-order valence-corrected chi connectivity index (χ1v) is 23.6. The molecule has 246 valence electrons. The molecule has 1 aliphatic rings. The van der Waals surface area contributed by atoms with Crippen molar-refractivity contribution < 1.29 is 8.85 Å². The summed E-state index contributed by atoms with van der Waals surface area (Å²) in [6.07, 6.45) is 17.0. The molecule has 0 heterocycles. The highest BCUT2D eigenvalue weighted by Gasteiger charge is 2.40. The molecule has 0 unspecified atom stereocenters. The minimum absolute atomic E-state index is 0.272. The molecule has 43 heavy (non-hydrogen) atoms. The van der Waals surface area contributed by atoms with E-state index in [-0.39, 0.29) is 5.92 Å². The number of aryl methyl sites for hydroxylation is 1. The number of hydrogen-bond donors (Lipinski definition) is 0. The van der Waals surface area contributed by atoms with Gasteiger partial charge >= 0.3 is 0 Å². The largest absolute Gasteiger partial charge is 0.543 e. The van der Waals surface area contributed by atoms with Crippen LogP contribution in [0, 0.1) is 5.92 Å². The third-order valence-electron chi connectivity index (χ3n) is 9.83. The molecule has 0 radical (unpaired) electrons. The predicted octanol–water partition coefficient (Wildman–Crippen LogP) is 13.5. The van der Waals surface area contributed by atoms with Crippen LogP contribution < -0.4 is 8.85 Å². The lowest BCUT2D eigenvalue weighted by Crippen LogP contribution is -2.43. The molecule has 1 aliphatic carbocycles. The van der Waals surface area contributed by atoms with Gasteiger partial charge in [-0.25, -0.2) is 0 Å². The average molecular weight is 627 g/mol. The maximum atomic E-state index is 7.67. The highest BCUT2D eigenvalue weighted by Crippen LogP contribution is 2.50. The van der Waals surface area contributed by atoms with E-state index in [9.17, 15) is 0 Å². The van der Waals surface area contributed by atoms with Gasteiger partial charge in [-0.1, -0.05) is 124 Å². The lowest BCUT2D eigenvalue weighted by molar-refractivity contribution is 0.437. The van der Waals surface area contributed by atoms with Crippen molar-refractivity contribution in [1.29, 1.82) is 0 Å². The Balaban J connectivity index is 2.95. The summed E-state index contributed by atoms with van der Waals surface area (Å²) < 4.78 is 15.3. The van der Waals surface area contributed by atoms with Crippen LogP contribution in [0.4, 0.5) is 0 Å². The summed E-state index contributed by atoms with van der Waals surface area (Å²) in [4.78, 5) is 0. The van der Waals surface area contributed by atoms with E-state index in [0.717, 1.165) is 12.8 Å². The van der Waals surface area contributed by atoms with Gasteiger partial charge in [0.1, 0.15) is 11.5 Å². The van der Waals surface area contributed by atoms with Crippen LogP contribution in [0.5, 0.6) is 11.5 Å². The summed E-state index contributed by atoms with van der Waals surface area (Å²) in [5.41, 5.74) is 5.60. The van der Waals surface area contributed by atoms with Gasteiger partial charge in [-0.05, 0) is 99.4 Å². The molecule has 0 aromatic heterocycles. The van der Waals surface area contributed by atoms with Crippen molar-refractivity contribution in [3.8, 4) is 11.5 Å². The maximum absolute atomic E-state index is 7.67. The molecule has 2 nitrogen and oxygen atoms in total. The lowest BCUT2D eigenvalue weighted by atomic mass is 9.73. The monoisotopic (exact) mass is 626 g/mol. The molecule has 1 aromatic carbocycles. The second-order valence-corrected chi connectivity index (χ2v) is 22.2. The first-order chi connectivity index (χ1) is 20.7. The molecule has 0 saturated heterocycles.